The maximum absolute atomic E-state index is 12.1. The molecule has 0 heterocycles. The number of hydrogen-bond acceptors (Lipinski definition) is 6. The topological polar surface area (TPSA) is 118 Å². The van der Waals surface area contributed by atoms with Crippen LogP contribution in [0.2, 0.25) is 0 Å². The van der Waals surface area contributed by atoms with E-state index in [9.17, 15) is 14.4 Å². The Labute approximate surface area is 193 Å². The molecule has 0 spiro atoms. The van der Waals surface area contributed by atoms with Gasteiger partial charge in [-0.05, 0) is 42.2 Å². The van der Waals surface area contributed by atoms with Gasteiger partial charge in [-0.3, -0.25) is 14.4 Å². The lowest BCUT2D eigenvalue weighted by molar-refractivity contribution is -0.139. The van der Waals surface area contributed by atoms with E-state index in [1.807, 2.05) is 51.1 Å². The number of nitrogens with zero attached hydrogens (tertiary/aromatic N) is 1. The molecule has 0 aliphatic rings. The van der Waals surface area contributed by atoms with Crippen molar-refractivity contribution in [2.24, 2.45) is 11.0 Å². The number of hydrogen-bond donors (Lipinski definition) is 3. The Morgan fingerprint density at radius 3 is 2.42 bits per heavy atom. The van der Waals surface area contributed by atoms with Crippen LogP contribution >= 0.6 is 0 Å². The summed E-state index contributed by atoms with van der Waals surface area (Å²) < 4.78 is 11.2. The van der Waals surface area contributed by atoms with E-state index in [-0.39, 0.29) is 18.4 Å². The minimum absolute atomic E-state index is 0.165. The van der Waals surface area contributed by atoms with Crippen LogP contribution in [0.5, 0.6) is 11.5 Å². The van der Waals surface area contributed by atoms with E-state index in [0.29, 0.717) is 36.8 Å². The van der Waals surface area contributed by atoms with E-state index < -0.39 is 11.8 Å². The summed E-state index contributed by atoms with van der Waals surface area (Å²) in [6.45, 7) is 6.73. The third-order valence-corrected chi connectivity index (χ3v) is 4.22. The fourth-order valence-corrected chi connectivity index (χ4v) is 2.58. The molecule has 0 saturated carbocycles. The van der Waals surface area contributed by atoms with Crippen LogP contribution in [0, 0.1) is 5.92 Å². The largest absolute Gasteiger partial charge is 0.490 e. The van der Waals surface area contributed by atoms with Gasteiger partial charge in [-0.25, -0.2) is 5.43 Å². The van der Waals surface area contributed by atoms with Gasteiger partial charge in [0.05, 0.1) is 12.8 Å². The number of benzene rings is 2. The van der Waals surface area contributed by atoms with Gasteiger partial charge in [0.2, 0.25) is 0 Å². The quantitative estimate of drug-likeness (QED) is 0.273. The highest BCUT2D eigenvalue weighted by Gasteiger charge is 2.12. The normalized spacial score (nSPS) is 10.7. The molecule has 33 heavy (non-hydrogen) atoms. The van der Waals surface area contributed by atoms with Crippen molar-refractivity contribution in [2.45, 2.75) is 27.3 Å². The SMILES string of the molecule is CCOc1cc(/C=N\NC(=O)C(=O)NCC(C)C)ccc1OCC(=O)NCc1ccccc1. The average molecular weight is 455 g/mol. The van der Waals surface area contributed by atoms with Crippen LogP contribution < -0.4 is 25.5 Å². The van der Waals surface area contributed by atoms with Crippen molar-refractivity contribution in [3.8, 4) is 11.5 Å². The third kappa shape index (κ3) is 9.42. The number of carbonyl (C=O) groups excluding carboxylic acids is 3. The zero-order chi connectivity index (χ0) is 24.1. The van der Waals surface area contributed by atoms with Crippen LogP contribution in [0.4, 0.5) is 0 Å². The van der Waals surface area contributed by atoms with E-state index in [2.05, 4.69) is 21.2 Å². The Bertz CT molecular complexity index is 961. The summed E-state index contributed by atoms with van der Waals surface area (Å²) in [6.07, 6.45) is 1.38. The molecule has 0 radical (unpaired) electrons. The molecule has 2 aromatic rings. The van der Waals surface area contributed by atoms with E-state index >= 15 is 0 Å². The second-order valence-corrected chi connectivity index (χ2v) is 7.49. The first kappa shape index (κ1) is 25.4. The number of hydrazone groups is 1. The van der Waals surface area contributed by atoms with E-state index in [1.165, 1.54) is 6.21 Å². The molecule has 176 valence electrons. The minimum Gasteiger partial charge on any atom is -0.490 e. The summed E-state index contributed by atoms with van der Waals surface area (Å²) in [6, 6.07) is 14.6. The summed E-state index contributed by atoms with van der Waals surface area (Å²) in [5.41, 5.74) is 3.79. The fourth-order valence-electron chi connectivity index (χ4n) is 2.58. The van der Waals surface area contributed by atoms with Gasteiger partial charge in [-0.15, -0.1) is 0 Å². The van der Waals surface area contributed by atoms with Gasteiger partial charge in [-0.2, -0.15) is 5.10 Å². The lowest BCUT2D eigenvalue weighted by atomic mass is 10.2. The Balaban J connectivity index is 1.89. The van der Waals surface area contributed by atoms with Gasteiger partial charge in [-0.1, -0.05) is 44.2 Å². The maximum atomic E-state index is 12.1. The molecule has 3 N–H and O–H groups in total. The second kappa shape index (κ2) is 13.5. The highest BCUT2D eigenvalue weighted by molar-refractivity contribution is 6.35. The zero-order valence-corrected chi connectivity index (χ0v) is 19.1. The smallest absolute Gasteiger partial charge is 0.329 e. The van der Waals surface area contributed by atoms with Gasteiger partial charge in [0.1, 0.15) is 0 Å². The monoisotopic (exact) mass is 454 g/mol. The van der Waals surface area contributed by atoms with Gasteiger partial charge >= 0.3 is 11.8 Å². The van der Waals surface area contributed by atoms with Crippen LogP contribution in [0.1, 0.15) is 31.9 Å². The van der Waals surface area contributed by atoms with Crippen molar-refractivity contribution in [1.29, 1.82) is 0 Å². The van der Waals surface area contributed by atoms with Gasteiger partial charge in [0.15, 0.2) is 18.1 Å². The standard InChI is InChI=1S/C24H30N4O5/c1-4-32-21-12-19(15-27-28-24(31)23(30)26-13-17(2)3)10-11-20(21)33-16-22(29)25-14-18-8-6-5-7-9-18/h5-12,15,17H,4,13-14,16H2,1-3H3,(H,25,29)(H,26,30)(H,28,31)/b27-15-. The van der Waals surface area contributed by atoms with Crippen molar-refractivity contribution >= 4 is 23.9 Å². The van der Waals surface area contributed by atoms with Crippen molar-refractivity contribution in [2.75, 3.05) is 19.8 Å². The van der Waals surface area contributed by atoms with Crippen molar-refractivity contribution in [1.82, 2.24) is 16.1 Å². The van der Waals surface area contributed by atoms with Gasteiger partial charge < -0.3 is 20.1 Å². The summed E-state index contributed by atoms with van der Waals surface area (Å²) in [7, 11) is 0. The predicted octanol–water partition coefficient (Wildman–Crippen LogP) is 2.00. The molecule has 2 aromatic carbocycles. The molecule has 2 rings (SSSR count). The zero-order valence-electron chi connectivity index (χ0n) is 19.1. The third-order valence-electron chi connectivity index (χ3n) is 4.22. The molecule has 0 unspecified atom stereocenters. The molecule has 0 aliphatic heterocycles. The molecule has 9 nitrogen and oxygen atoms in total. The van der Waals surface area contributed by atoms with Crippen molar-refractivity contribution < 1.29 is 23.9 Å². The van der Waals surface area contributed by atoms with Gasteiger partial charge in [0.25, 0.3) is 5.91 Å². The molecule has 3 amide bonds. The molecule has 0 saturated heterocycles. The Kier molecular flexibility index (Phi) is 10.4. The molecule has 9 heteroatoms. The summed E-state index contributed by atoms with van der Waals surface area (Å²) in [4.78, 5) is 35.5. The van der Waals surface area contributed by atoms with Crippen LogP contribution in [-0.2, 0) is 20.9 Å². The average Bonchev–Trinajstić information content (AvgIpc) is 2.81. The molecular weight excluding hydrogens is 424 g/mol. The Morgan fingerprint density at radius 1 is 0.970 bits per heavy atom. The molecule has 0 fully saturated rings. The van der Waals surface area contributed by atoms with E-state index in [0.717, 1.165) is 5.56 Å². The molecule has 0 aliphatic carbocycles. The number of nitrogens with one attached hydrogen (secondary N) is 3. The van der Waals surface area contributed by atoms with Gasteiger partial charge in [0, 0.05) is 13.1 Å². The van der Waals surface area contributed by atoms with Crippen LogP contribution in [0.3, 0.4) is 0 Å². The number of ether oxygens (including phenoxy) is 2. The second-order valence-electron chi connectivity index (χ2n) is 7.49. The van der Waals surface area contributed by atoms with E-state index in [4.69, 9.17) is 9.47 Å². The number of carbonyl (C=O) groups is 3. The minimum atomic E-state index is -0.849. The van der Waals surface area contributed by atoms with E-state index in [1.54, 1.807) is 18.2 Å². The maximum Gasteiger partial charge on any atom is 0.329 e. The Morgan fingerprint density at radius 2 is 1.73 bits per heavy atom. The van der Waals surface area contributed by atoms with Crippen LogP contribution in [-0.4, -0.2) is 43.7 Å². The molecule has 0 atom stereocenters. The molecular formula is C24H30N4O5. The number of rotatable bonds is 11. The summed E-state index contributed by atoms with van der Waals surface area (Å²) >= 11 is 0. The number of amides is 3. The van der Waals surface area contributed by atoms with Crippen LogP contribution in [0.25, 0.3) is 0 Å². The lowest BCUT2D eigenvalue weighted by Crippen LogP contribution is -2.39. The lowest BCUT2D eigenvalue weighted by Gasteiger charge is -2.12. The summed E-state index contributed by atoms with van der Waals surface area (Å²) in [5, 5.41) is 9.11. The summed E-state index contributed by atoms with van der Waals surface area (Å²) in [5.74, 6) is -0.786. The van der Waals surface area contributed by atoms with Crippen molar-refractivity contribution in [3.63, 3.8) is 0 Å². The molecule has 0 bridgehead atoms. The highest BCUT2D eigenvalue weighted by Crippen LogP contribution is 2.28. The Hall–Kier alpha value is -3.88. The predicted molar refractivity (Wildman–Crippen MR) is 125 cm³/mol. The highest BCUT2D eigenvalue weighted by atomic mass is 16.5. The van der Waals surface area contributed by atoms with Crippen molar-refractivity contribution in [3.05, 3.63) is 59.7 Å². The van der Waals surface area contributed by atoms with Crippen LogP contribution in [0.15, 0.2) is 53.6 Å². The first-order valence-corrected chi connectivity index (χ1v) is 10.7. The first-order chi connectivity index (χ1) is 15.9. The first-order valence-electron chi connectivity index (χ1n) is 10.7. The fraction of sp³-hybridized carbons (Fsp3) is 0.333. The molecule has 0 aromatic heterocycles.